The number of ether oxygens (including phenoxy) is 1. The Bertz CT molecular complexity index is 911. The van der Waals surface area contributed by atoms with Crippen LogP contribution in [0.1, 0.15) is 20.0 Å². The van der Waals surface area contributed by atoms with E-state index in [1.54, 1.807) is 36.4 Å². The van der Waals surface area contributed by atoms with Gasteiger partial charge in [0.25, 0.3) is 11.8 Å². The minimum atomic E-state index is -2.90. The second-order valence-corrected chi connectivity index (χ2v) is 6.31. The maximum atomic E-state index is 12.2. The highest BCUT2D eigenvalue weighted by molar-refractivity contribution is 7.12. The Morgan fingerprint density at radius 2 is 1.44 bits per heavy atom. The molecular formula is C19H14F2N2O3S. The Labute approximate surface area is 157 Å². The fourth-order valence-corrected chi connectivity index (χ4v) is 2.85. The van der Waals surface area contributed by atoms with E-state index in [0.717, 1.165) is 0 Å². The minimum absolute atomic E-state index is 0.00818. The molecule has 0 unspecified atom stereocenters. The van der Waals surface area contributed by atoms with Crippen molar-refractivity contribution in [3.05, 3.63) is 76.5 Å². The molecule has 0 spiro atoms. The molecule has 3 aromatic rings. The third-order valence-electron chi connectivity index (χ3n) is 3.49. The maximum absolute atomic E-state index is 12.2. The van der Waals surface area contributed by atoms with E-state index in [2.05, 4.69) is 15.4 Å². The van der Waals surface area contributed by atoms with Gasteiger partial charge in [-0.25, -0.2) is 0 Å². The summed E-state index contributed by atoms with van der Waals surface area (Å²) >= 11 is 1.34. The van der Waals surface area contributed by atoms with Crippen molar-refractivity contribution in [1.29, 1.82) is 0 Å². The van der Waals surface area contributed by atoms with Crippen LogP contribution in [0.15, 0.2) is 66.0 Å². The normalized spacial score (nSPS) is 10.5. The molecule has 1 aromatic heterocycles. The van der Waals surface area contributed by atoms with Crippen molar-refractivity contribution < 1.29 is 23.1 Å². The molecule has 1 heterocycles. The first-order valence-corrected chi connectivity index (χ1v) is 8.70. The Balaban J connectivity index is 1.59. The summed E-state index contributed by atoms with van der Waals surface area (Å²) in [6, 6.07) is 15.5. The molecule has 8 heteroatoms. The van der Waals surface area contributed by atoms with Crippen LogP contribution in [-0.4, -0.2) is 18.4 Å². The summed E-state index contributed by atoms with van der Waals surface area (Å²) in [7, 11) is 0. The highest BCUT2D eigenvalue weighted by Gasteiger charge is 2.10. The molecule has 2 N–H and O–H groups in total. The van der Waals surface area contributed by atoms with Crippen LogP contribution in [-0.2, 0) is 0 Å². The van der Waals surface area contributed by atoms with Gasteiger partial charge < -0.3 is 15.4 Å². The van der Waals surface area contributed by atoms with E-state index in [4.69, 9.17) is 0 Å². The van der Waals surface area contributed by atoms with E-state index < -0.39 is 6.61 Å². The van der Waals surface area contributed by atoms with Gasteiger partial charge in [0.2, 0.25) is 0 Å². The number of benzene rings is 2. The molecule has 27 heavy (non-hydrogen) atoms. The molecule has 5 nitrogen and oxygen atoms in total. The zero-order valence-corrected chi connectivity index (χ0v) is 14.6. The number of rotatable bonds is 6. The lowest BCUT2D eigenvalue weighted by molar-refractivity contribution is -0.0498. The number of anilines is 2. The zero-order chi connectivity index (χ0) is 19.2. The van der Waals surface area contributed by atoms with Crippen LogP contribution in [0.2, 0.25) is 0 Å². The van der Waals surface area contributed by atoms with Crippen molar-refractivity contribution in [1.82, 2.24) is 0 Å². The van der Waals surface area contributed by atoms with Crippen LogP contribution in [0.4, 0.5) is 20.2 Å². The molecule has 0 bridgehead atoms. The number of carbonyl (C=O) groups is 2. The van der Waals surface area contributed by atoms with Gasteiger partial charge in [-0.15, -0.1) is 11.3 Å². The van der Waals surface area contributed by atoms with Crippen LogP contribution >= 0.6 is 11.3 Å². The molecule has 0 aliphatic carbocycles. The molecular weight excluding hydrogens is 374 g/mol. The zero-order valence-electron chi connectivity index (χ0n) is 13.8. The molecule has 0 aliphatic heterocycles. The molecule has 0 saturated carbocycles. The number of amides is 2. The van der Waals surface area contributed by atoms with Gasteiger partial charge in [-0.2, -0.15) is 8.78 Å². The van der Waals surface area contributed by atoms with Gasteiger partial charge in [-0.1, -0.05) is 6.07 Å². The standard InChI is InChI=1S/C19H14F2N2O3S/c20-19(21)26-15-9-7-14(8-10-15)22-17(24)12-3-5-13(6-4-12)23-18(25)16-2-1-11-27-16/h1-11,19H,(H,22,24)(H,23,25). The molecule has 3 rings (SSSR count). The van der Waals surface area contributed by atoms with Crippen molar-refractivity contribution >= 4 is 34.5 Å². The third-order valence-corrected chi connectivity index (χ3v) is 4.36. The molecule has 0 fully saturated rings. The van der Waals surface area contributed by atoms with E-state index >= 15 is 0 Å². The monoisotopic (exact) mass is 388 g/mol. The predicted molar refractivity (Wildman–Crippen MR) is 99.7 cm³/mol. The van der Waals surface area contributed by atoms with E-state index in [1.165, 1.54) is 35.6 Å². The second-order valence-electron chi connectivity index (χ2n) is 5.37. The maximum Gasteiger partial charge on any atom is 0.387 e. The first-order chi connectivity index (χ1) is 13.0. The van der Waals surface area contributed by atoms with Crippen molar-refractivity contribution in [3.8, 4) is 5.75 Å². The Kier molecular flexibility index (Phi) is 5.77. The predicted octanol–water partition coefficient (Wildman–Crippen LogP) is 4.85. The van der Waals surface area contributed by atoms with Crippen LogP contribution in [0.3, 0.4) is 0 Å². The lowest BCUT2D eigenvalue weighted by Crippen LogP contribution is -2.13. The molecule has 2 aromatic carbocycles. The van der Waals surface area contributed by atoms with Crippen molar-refractivity contribution in [2.24, 2.45) is 0 Å². The topological polar surface area (TPSA) is 67.4 Å². The fraction of sp³-hybridized carbons (Fsp3) is 0.0526. The van der Waals surface area contributed by atoms with Crippen molar-refractivity contribution in [2.75, 3.05) is 10.6 Å². The van der Waals surface area contributed by atoms with Gasteiger partial charge in [0, 0.05) is 16.9 Å². The average Bonchev–Trinajstić information content (AvgIpc) is 3.18. The molecule has 0 atom stereocenters. The van der Waals surface area contributed by atoms with Gasteiger partial charge in [0.1, 0.15) is 5.75 Å². The van der Waals surface area contributed by atoms with Crippen LogP contribution in [0.5, 0.6) is 5.75 Å². The van der Waals surface area contributed by atoms with Crippen molar-refractivity contribution in [2.45, 2.75) is 6.61 Å². The van der Waals surface area contributed by atoms with Gasteiger partial charge in [-0.05, 0) is 60.0 Å². The largest absolute Gasteiger partial charge is 0.435 e. The summed E-state index contributed by atoms with van der Waals surface area (Å²) in [5, 5.41) is 7.21. The Morgan fingerprint density at radius 1 is 0.852 bits per heavy atom. The quantitative estimate of drug-likeness (QED) is 0.634. The van der Waals surface area contributed by atoms with Crippen LogP contribution < -0.4 is 15.4 Å². The number of carbonyl (C=O) groups excluding carboxylic acids is 2. The van der Waals surface area contributed by atoms with E-state index in [9.17, 15) is 18.4 Å². The van der Waals surface area contributed by atoms with Gasteiger partial charge in [0.05, 0.1) is 4.88 Å². The molecule has 0 saturated heterocycles. The lowest BCUT2D eigenvalue weighted by atomic mass is 10.2. The van der Waals surface area contributed by atoms with Crippen LogP contribution in [0, 0.1) is 0 Å². The number of alkyl halides is 2. The summed E-state index contributed by atoms with van der Waals surface area (Å²) < 4.78 is 28.5. The molecule has 138 valence electrons. The van der Waals surface area contributed by atoms with Crippen LogP contribution in [0.25, 0.3) is 0 Å². The number of nitrogens with one attached hydrogen (secondary N) is 2. The fourth-order valence-electron chi connectivity index (χ4n) is 2.23. The number of halogens is 2. The van der Waals surface area contributed by atoms with E-state index in [0.29, 0.717) is 21.8 Å². The molecule has 0 radical (unpaired) electrons. The SMILES string of the molecule is O=C(Nc1ccc(OC(F)F)cc1)c1ccc(NC(=O)c2cccs2)cc1. The Morgan fingerprint density at radius 3 is 2.00 bits per heavy atom. The first kappa shape index (κ1) is 18.5. The highest BCUT2D eigenvalue weighted by atomic mass is 32.1. The van der Waals surface area contributed by atoms with Gasteiger partial charge >= 0.3 is 6.61 Å². The van der Waals surface area contributed by atoms with Gasteiger partial charge in [-0.3, -0.25) is 9.59 Å². The lowest BCUT2D eigenvalue weighted by Gasteiger charge is -2.08. The average molecular weight is 388 g/mol. The number of hydrogen-bond acceptors (Lipinski definition) is 4. The van der Waals surface area contributed by atoms with E-state index in [-0.39, 0.29) is 17.6 Å². The number of hydrogen-bond donors (Lipinski definition) is 2. The smallest absolute Gasteiger partial charge is 0.387 e. The number of thiophene rings is 1. The van der Waals surface area contributed by atoms with E-state index in [1.807, 2.05) is 5.38 Å². The highest BCUT2D eigenvalue weighted by Crippen LogP contribution is 2.19. The summed E-state index contributed by atoms with van der Waals surface area (Å²) in [6.45, 7) is -2.90. The second kappa shape index (κ2) is 8.41. The molecule has 2 amide bonds. The summed E-state index contributed by atoms with van der Waals surface area (Å²) in [6.07, 6.45) is 0. The minimum Gasteiger partial charge on any atom is -0.435 e. The van der Waals surface area contributed by atoms with Gasteiger partial charge in [0.15, 0.2) is 0 Å². The molecule has 0 aliphatic rings. The summed E-state index contributed by atoms with van der Waals surface area (Å²) in [5.74, 6) is -0.573. The summed E-state index contributed by atoms with van der Waals surface area (Å²) in [5.41, 5.74) is 1.40. The first-order valence-electron chi connectivity index (χ1n) is 7.82. The summed E-state index contributed by atoms with van der Waals surface area (Å²) in [4.78, 5) is 24.8. The van der Waals surface area contributed by atoms with Crippen molar-refractivity contribution in [3.63, 3.8) is 0 Å². The Hall–Kier alpha value is -3.26. The third kappa shape index (κ3) is 5.11.